The lowest BCUT2D eigenvalue weighted by Crippen LogP contribution is -2.40. The van der Waals surface area contributed by atoms with Crippen LogP contribution >= 0.6 is 0 Å². The van der Waals surface area contributed by atoms with Crippen LogP contribution in [0.15, 0.2) is 54.7 Å². The maximum atomic E-state index is 12.6. The summed E-state index contributed by atoms with van der Waals surface area (Å²) < 4.78 is 19.5. The second kappa shape index (κ2) is 13.7. The van der Waals surface area contributed by atoms with Gasteiger partial charge >= 0.3 is 6.09 Å². The van der Waals surface area contributed by atoms with Crippen molar-refractivity contribution in [1.29, 1.82) is 0 Å². The van der Waals surface area contributed by atoms with Crippen molar-refractivity contribution >= 4 is 25.3 Å². The molecule has 45 heavy (non-hydrogen) atoms. The number of nitrogens with zero attached hydrogens (tertiary/aromatic N) is 4. The van der Waals surface area contributed by atoms with Crippen molar-refractivity contribution in [3.8, 4) is 22.8 Å². The quantitative estimate of drug-likeness (QED) is 0.165. The number of amides is 1. The average Bonchev–Trinajstić information content (AvgIpc) is 3.41. The molecule has 0 saturated heterocycles. The van der Waals surface area contributed by atoms with Gasteiger partial charge in [0.25, 0.3) is 0 Å². The molecular weight excluding hydrogens is 586 g/mol. The van der Waals surface area contributed by atoms with Gasteiger partial charge in [-0.15, -0.1) is 0 Å². The molecule has 242 valence electrons. The zero-order valence-electron chi connectivity index (χ0n) is 28.0. The lowest BCUT2D eigenvalue weighted by atomic mass is 10.0. The first kappa shape index (κ1) is 34.1. The smallest absolute Gasteiger partial charge is 0.408 e. The maximum Gasteiger partial charge on any atom is 0.408 e. The van der Waals surface area contributed by atoms with E-state index in [2.05, 4.69) is 44.3 Å². The van der Waals surface area contributed by atoms with Gasteiger partial charge in [0, 0.05) is 12.2 Å². The highest BCUT2D eigenvalue weighted by atomic mass is 28.4. The summed E-state index contributed by atoms with van der Waals surface area (Å²) in [5, 5.41) is 18.0. The van der Waals surface area contributed by atoms with Crippen LogP contribution in [0.5, 0.6) is 5.75 Å². The third-order valence-corrected chi connectivity index (χ3v) is 12.5. The molecule has 4 aromatic rings. The summed E-state index contributed by atoms with van der Waals surface area (Å²) in [6.07, 6.45) is 2.24. The number of aliphatic hydroxyl groups excluding tert-OH is 1. The Kier molecular flexibility index (Phi) is 10.4. The largest absolute Gasteiger partial charge is 0.496 e. The number of hydrogen-bond donors (Lipinski definition) is 2. The second-order valence-electron chi connectivity index (χ2n) is 13.7. The second-order valence-corrected chi connectivity index (χ2v) is 18.5. The van der Waals surface area contributed by atoms with Crippen molar-refractivity contribution in [2.75, 3.05) is 13.7 Å². The van der Waals surface area contributed by atoms with Crippen molar-refractivity contribution in [2.45, 2.75) is 90.8 Å². The number of aromatic nitrogens is 4. The van der Waals surface area contributed by atoms with Gasteiger partial charge in [0.15, 0.2) is 14.1 Å². The van der Waals surface area contributed by atoms with Gasteiger partial charge < -0.3 is 24.3 Å². The Morgan fingerprint density at radius 1 is 1.04 bits per heavy atom. The number of rotatable bonds is 11. The first-order valence-corrected chi connectivity index (χ1v) is 18.3. The van der Waals surface area contributed by atoms with Crippen LogP contribution in [0.2, 0.25) is 18.1 Å². The predicted octanol–water partition coefficient (Wildman–Crippen LogP) is 7.35. The summed E-state index contributed by atoms with van der Waals surface area (Å²) in [4.78, 5) is 22.5. The summed E-state index contributed by atoms with van der Waals surface area (Å²) in [5.41, 5.74) is 3.20. The molecule has 0 unspecified atom stereocenters. The van der Waals surface area contributed by atoms with E-state index in [0.717, 1.165) is 22.2 Å². The van der Waals surface area contributed by atoms with E-state index in [0.29, 0.717) is 42.4 Å². The number of carbonyl (C=O) groups is 1. The number of ether oxygens (including phenoxy) is 2. The van der Waals surface area contributed by atoms with Gasteiger partial charge in [-0.3, -0.25) is 4.98 Å². The molecule has 0 aliphatic rings. The Morgan fingerprint density at radius 3 is 2.44 bits per heavy atom. The molecule has 0 saturated carbocycles. The highest BCUT2D eigenvalue weighted by Gasteiger charge is 2.37. The number of nitrogens with one attached hydrogen (secondary N) is 1. The Hall–Kier alpha value is -3.80. The highest BCUT2D eigenvalue weighted by Crippen LogP contribution is 2.37. The number of methoxy groups -OCH3 is 1. The molecule has 11 heteroatoms. The predicted molar refractivity (Wildman–Crippen MR) is 179 cm³/mol. The Morgan fingerprint density at radius 2 is 1.78 bits per heavy atom. The van der Waals surface area contributed by atoms with Crippen LogP contribution in [0, 0.1) is 0 Å². The van der Waals surface area contributed by atoms with E-state index in [1.54, 1.807) is 18.0 Å². The Balaban J connectivity index is 1.69. The number of benzene rings is 1. The minimum Gasteiger partial charge on any atom is -0.496 e. The first-order chi connectivity index (χ1) is 21.1. The van der Waals surface area contributed by atoms with E-state index < -0.39 is 26.1 Å². The normalized spacial score (nSPS) is 13.1. The molecular formula is C34H47N5O5Si. The van der Waals surface area contributed by atoms with Crippen molar-refractivity contribution in [3.05, 3.63) is 66.1 Å². The van der Waals surface area contributed by atoms with Gasteiger partial charge in [0.1, 0.15) is 11.4 Å². The van der Waals surface area contributed by atoms with Gasteiger partial charge in [-0.25, -0.2) is 14.5 Å². The summed E-state index contributed by atoms with van der Waals surface area (Å²) >= 11 is 0. The molecule has 4 rings (SSSR count). The zero-order chi connectivity index (χ0) is 33.0. The van der Waals surface area contributed by atoms with E-state index in [1.165, 1.54) is 0 Å². The fourth-order valence-electron chi connectivity index (χ4n) is 4.58. The fourth-order valence-corrected chi connectivity index (χ4v) is 5.52. The molecule has 0 aliphatic heterocycles. The number of aliphatic hydroxyl groups is 1. The van der Waals surface area contributed by atoms with E-state index in [9.17, 15) is 9.90 Å². The molecule has 0 fully saturated rings. The van der Waals surface area contributed by atoms with E-state index in [-0.39, 0.29) is 11.6 Å². The third kappa shape index (κ3) is 8.47. The number of hydrogen-bond acceptors (Lipinski definition) is 8. The van der Waals surface area contributed by atoms with Crippen LogP contribution < -0.4 is 10.1 Å². The van der Waals surface area contributed by atoms with Crippen LogP contribution in [-0.2, 0) is 15.8 Å². The third-order valence-electron chi connectivity index (χ3n) is 8.03. The summed E-state index contributed by atoms with van der Waals surface area (Å²) in [6, 6.07) is 15.1. The van der Waals surface area contributed by atoms with E-state index >= 15 is 0 Å². The minimum absolute atomic E-state index is 0.00168. The minimum atomic E-state index is -1.94. The van der Waals surface area contributed by atoms with E-state index in [4.69, 9.17) is 23.9 Å². The van der Waals surface area contributed by atoms with Crippen LogP contribution in [0.1, 0.15) is 71.8 Å². The van der Waals surface area contributed by atoms with Gasteiger partial charge in [-0.1, -0.05) is 32.9 Å². The number of fused-ring (bicyclic) bond motifs is 1. The number of carbonyl (C=O) groups excluding carboxylic acids is 1. The molecule has 1 aromatic carbocycles. The molecule has 0 spiro atoms. The first-order valence-electron chi connectivity index (χ1n) is 15.4. The van der Waals surface area contributed by atoms with Crippen molar-refractivity contribution in [1.82, 2.24) is 25.1 Å². The SMILES string of the molecule is COc1cc(-c2cccc([C@H](CCCO)NC(=O)OC(C)(C)C)n2)cc2c1cnn2-c1cccc(CO[Si](C)(C)C(C)(C)C)n1. The average molecular weight is 634 g/mol. The van der Waals surface area contributed by atoms with Crippen molar-refractivity contribution < 1.29 is 23.8 Å². The zero-order valence-corrected chi connectivity index (χ0v) is 29.0. The Labute approximate surface area is 267 Å². The molecule has 1 amide bonds. The Bertz CT molecular complexity index is 1620. The van der Waals surface area contributed by atoms with Gasteiger partial charge in [0.05, 0.1) is 53.9 Å². The lowest BCUT2D eigenvalue weighted by Gasteiger charge is -2.36. The van der Waals surface area contributed by atoms with E-state index in [1.807, 2.05) is 69.3 Å². The standard InChI is InChI=1S/C34H47N5O5Si/c1-33(2,3)44-32(41)38-28(16-12-18-40)27-15-11-14-26(37-27)23-19-29-25(30(20-23)42-7)21-35-39(29)31-17-10-13-24(36-31)22-43-45(8,9)34(4,5)6/h10-11,13-15,17,19-21,28,40H,12,16,18,22H2,1-9H3,(H,38,41)/t28-/m0/s1. The molecule has 1 atom stereocenters. The van der Waals surface area contributed by atoms with Crippen molar-refractivity contribution in [2.24, 2.45) is 0 Å². The van der Waals surface area contributed by atoms with Crippen LogP contribution in [0.4, 0.5) is 4.79 Å². The van der Waals surface area contributed by atoms with Crippen molar-refractivity contribution in [3.63, 3.8) is 0 Å². The molecule has 3 aromatic heterocycles. The summed E-state index contributed by atoms with van der Waals surface area (Å²) in [6.45, 7) is 17.0. The van der Waals surface area contributed by atoms with Gasteiger partial charge in [0.2, 0.25) is 0 Å². The van der Waals surface area contributed by atoms with Gasteiger partial charge in [-0.05, 0) is 88.1 Å². The molecule has 0 radical (unpaired) electrons. The fraction of sp³-hybridized carbons (Fsp3) is 0.471. The van der Waals surface area contributed by atoms with Crippen LogP contribution in [0.3, 0.4) is 0 Å². The van der Waals surface area contributed by atoms with Crippen LogP contribution in [0.25, 0.3) is 28.0 Å². The molecule has 0 aliphatic carbocycles. The summed E-state index contributed by atoms with van der Waals surface area (Å²) in [7, 11) is -0.310. The molecule has 0 bridgehead atoms. The number of alkyl carbamates (subject to hydrolysis) is 1. The highest BCUT2D eigenvalue weighted by molar-refractivity contribution is 6.74. The van der Waals surface area contributed by atoms with Gasteiger partial charge in [-0.2, -0.15) is 5.10 Å². The molecule has 3 heterocycles. The molecule has 10 nitrogen and oxygen atoms in total. The lowest BCUT2D eigenvalue weighted by molar-refractivity contribution is 0.0497. The maximum absolute atomic E-state index is 12.6. The van der Waals surface area contributed by atoms with Crippen LogP contribution in [-0.4, -0.2) is 58.6 Å². The summed E-state index contributed by atoms with van der Waals surface area (Å²) in [5.74, 6) is 1.33. The number of pyridine rings is 2. The molecule has 2 N–H and O–H groups in total. The topological polar surface area (TPSA) is 121 Å². The monoisotopic (exact) mass is 633 g/mol.